The van der Waals surface area contributed by atoms with Gasteiger partial charge < -0.3 is 9.47 Å². The number of halogens is 1. The van der Waals surface area contributed by atoms with Crippen molar-refractivity contribution in [1.29, 1.82) is 0 Å². The largest absolute Gasteiger partial charge is 0.489 e. The number of ether oxygens (including phenoxy) is 2. The summed E-state index contributed by atoms with van der Waals surface area (Å²) in [6, 6.07) is 11.2. The summed E-state index contributed by atoms with van der Waals surface area (Å²) in [4.78, 5) is 57.7. The van der Waals surface area contributed by atoms with Gasteiger partial charge in [0.1, 0.15) is 29.2 Å². The van der Waals surface area contributed by atoms with E-state index in [1.807, 2.05) is 18.2 Å². The maximum Gasteiger partial charge on any atom is 0.262 e. The predicted octanol–water partition coefficient (Wildman–Crippen LogP) is 3.32. The van der Waals surface area contributed by atoms with E-state index < -0.39 is 29.7 Å². The number of fused-ring (bicyclic) bond motifs is 2. The number of amides is 4. The number of nitrogens with one attached hydrogen (secondary N) is 1. The molecule has 2 atom stereocenters. The summed E-state index contributed by atoms with van der Waals surface area (Å²) < 4.78 is 26.8. The van der Waals surface area contributed by atoms with Crippen molar-refractivity contribution < 1.29 is 33.0 Å². The van der Waals surface area contributed by atoms with Crippen LogP contribution in [0.4, 0.5) is 4.39 Å². The van der Waals surface area contributed by atoms with E-state index in [0.717, 1.165) is 47.4 Å². The Morgan fingerprint density at radius 3 is 2.58 bits per heavy atom. The lowest BCUT2D eigenvalue weighted by atomic mass is 9.95. The van der Waals surface area contributed by atoms with Crippen molar-refractivity contribution in [3.05, 3.63) is 70.7 Å². The number of pyridine rings is 1. The molecule has 4 aliphatic rings. The van der Waals surface area contributed by atoms with Gasteiger partial charge >= 0.3 is 0 Å². The molecule has 3 aromatic rings. The Balaban J connectivity index is 0.996. The molecule has 3 saturated heterocycles. The minimum atomic E-state index is -1.01. The number of carbonyl (C=O) groups is 4. The highest BCUT2D eigenvalue weighted by molar-refractivity contribution is 6.23. The zero-order chi connectivity index (χ0) is 29.7. The van der Waals surface area contributed by atoms with Gasteiger partial charge in [-0.1, -0.05) is 6.07 Å². The number of rotatable bonds is 6. The van der Waals surface area contributed by atoms with Crippen molar-refractivity contribution in [2.75, 3.05) is 26.3 Å². The zero-order valence-electron chi connectivity index (χ0n) is 23.5. The maximum absolute atomic E-state index is 15.2. The number of aromatic nitrogens is 1. The summed E-state index contributed by atoms with van der Waals surface area (Å²) in [6.45, 7) is 3.36. The summed E-state index contributed by atoms with van der Waals surface area (Å²) in [7, 11) is 0. The Morgan fingerprint density at radius 2 is 1.77 bits per heavy atom. The Labute approximate surface area is 247 Å². The number of imide groups is 2. The van der Waals surface area contributed by atoms with Gasteiger partial charge in [-0.3, -0.25) is 34.3 Å². The van der Waals surface area contributed by atoms with Crippen LogP contribution in [0.2, 0.25) is 0 Å². The van der Waals surface area contributed by atoms with Crippen molar-refractivity contribution in [2.24, 2.45) is 0 Å². The molecule has 0 unspecified atom stereocenters. The smallest absolute Gasteiger partial charge is 0.262 e. The van der Waals surface area contributed by atoms with Crippen LogP contribution >= 0.6 is 0 Å². The van der Waals surface area contributed by atoms with Gasteiger partial charge in [0.2, 0.25) is 11.8 Å². The van der Waals surface area contributed by atoms with Gasteiger partial charge in [0.15, 0.2) is 0 Å². The molecule has 0 radical (unpaired) electrons. The second-order valence-corrected chi connectivity index (χ2v) is 11.7. The van der Waals surface area contributed by atoms with Crippen LogP contribution in [0.5, 0.6) is 5.75 Å². The highest BCUT2D eigenvalue weighted by Crippen LogP contribution is 2.32. The lowest BCUT2D eigenvalue weighted by Crippen LogP contribution is -2.54. The minimum Gasteiger partial charge on any atom is -0.489 e. The average molecular weight is 587 g/mol. The molecular weight excluding hydrogens is 555 g/mol. The average Bonchev–Trinajstić information content (AvgIpc) is 3.54. The molecule has 1 N–H and O–H groups in total. The number of likely N-dealkylation sites (tertiary alicyclic amines) is 1. The van der Waals surface area contributed by atoms with Crippen molar-refractivity contribution in [3.8, 4) is 5.75 Å². The van der Waals surface area contributed by atoms with Gasteiger partial charge in [0.25, 0.3) is 11.8 Å². The summed E-state index contributed by atoms with van der Waals surface area (Å²) in [5, 5.41) is 2.98. The number of nitrogens with zero attached hydrogens (tertiary/aromatic N) is 3. The second-order valence-electron chi connectivity index (χ2n) is 11.7. The van der Waals surface area contributed by atoms with Crippen LogP contribution in [0, 0.1) is 5.82 Å². The quantitative estimate of drug-likeness (QED) is 0.437. The van der Waals surface area contributed by atoms with Gasteiger partial charge in [-0.15, -0.1) is 0 Å². The van der Waals surface area contributed by atoms with E-state index in [2.05, 4.69) is 15.2 Å². The highest BCUT2D eigenvalue weighted by Gasteiger charge is 2.44. The molecule has 7 rings (SSSR count). The third kappa shape index (κ3) is 5.27. The fraction of sp³-hybridized carbons (Fsp3) is 0.406. The van der Waals surface area contributed by atoms with Crippen LogP contribution in [0.3, 0.4) is 0 Å². The normalized spacial score (nSPS) is 23.2. The zero-order valence-corrected chi connectivity index (χ0v) is 23.5. The number of carbonyl (C=O) groups excluding carboxylic acids is 4. The first-order valence-electron chi connectivity index (χ1n) is 14.8. The van der Waals surface area contributed by atoms with E-state index in [-0.39, 0.29) is 35.9 Å². The van der Waals surface area contributed by atoms with Crippen LogP contribution in [0.25, 0.3) is 10.9 Å². The van der Waals surface area contributed by atoms with Gasteiger partial charge in [-0.2, -0.15) is 0 Å². The van der Waals surface area contributed by atoms with E-state index in [1.54, 1.807) is 24.3 Å². The third-order valence-corrected chi connectivity index (χ3v) is 8.82. The van der Waals surface area contributed by atoms with Crippen LogP contribution < -0.4 is 10.1 Å². The van der Waals surface area contributed by atoms with E-state index in [9.17, 15) is 19.2 Å². The first-order chi connectivity index (χ1) is 20.8. The highest BCUT2D eigenvalue weighted by atomic mass is 19.1. The number of piperidine rings is 1. The predicted molar refractivity (Wildman–Crippen MR) is 152 cm³/mol. The molecule has 11 heteroatoms. The Kier molecular flexibility index (Phi) is 7.14. The number of hydrogen-bond donors (Lipinski definition) is 1. The Morgan fingerprint density at radius 1 is 0.953 bits per heavy atom. The second kappa shape index (κ2) is 11.1. The topological polar surface area (TPSA) is 118 Å². The van der Waals surface area contributed by atoms with Crippen molar-refractivity contribution in [2.45, 2.75) is 56.7 Å². The third-order valence-electron chi connectivity index (χ3n) is 8.82. The molecule has 5 heterocycles. The molecule has 0 spiro atoms. The monoisotopic (exact) mass is 586 g/mol. The van der Waals surface area contributed by atoms with E-state index in [1.165, 1.54) is 0 Å². The number of hydrogen-bond acceptors (Lipinski definition) is 8. The van der Waals surface area contributed by atoms with Crippen molar-refractivity contribution in [3.63, 3.8) is 0 Å². The molecule has 0 bridgehead atoms. The molecule has 4 amide bonds. The molecule has 2 aromatic carbocycles. The SMILES string of the molecule is O=C1CC[C@@H](N2C(=O)c3ccc(O[C@H]4CCN(Cc5cc(F)c6nc(C7CCOCC7)ccc6c5)C4)cc3C2=O)C(=O)N1. The fourth-order valence-corrected chi connectivity index (χ4v) is 6.59. The number of benzene rings is 2. The first-order valence-corrected chi connectivity index (χ1v) is 14.8. The Hall–Kier alpha value is -4.22. The summed E-state index contributed by atoms with van der Waals surface area (Å²) in [6.07, 6.45) is 2.57. The molecule has 43 heavy (non-hydrogen) atoms. The van der Waals surface area contributed by atoms with Crippen LogP contribution in [-0.4, -0.2) is 76.9 Å². The lowest BCUT2D eigenvalue weighted by Gasteiger charge is -2.27. The van der Waals surface area contributed by atoms with E-state index in [4.69, 9.17) is 9.47 Å². The maximum atomic E-state index is 15.2. The summed E-state index contributed by atoms with van der Waals surface area (Å²) >= 11 is 0. The van der Waals surface area contributed by atoms with Crippen molar-refractivity contribution in [1.82, 2.24) is 20.1 Å². The van der Waals surface area contributed by atoms with Gasteiger partial charge in [-0.05, 0) is 67.6 Å². The molecule has 4 aliphatic heterocycles. The lowest BCUT2D eigenvalue weighted by molar-refractivity contribution is -0.136. The minimum absolute atomic E-state index is 0.0661. The van der Waals surface area contributed by atoms with Gasteiger partial charge in [0.05, 0.1) is 11.1 Å². The molecular formula is C32H31FN4O6. The molecule has 222 valence electrons. The molecule has 10 nitrogen and oxygen atoms in total. The van der Waals surface area contributed by atoms with Gasteiger partial charge in [0, 0.05) is 56.3 Å². The summed E-state index contributed by atoms with van der Waals surface area (Å²) in [5.41, 5.74) is 2.57. The molecule has 0 aliphatic carbocycles. The fourth-order valence-electron chi connectivity index (χ4n) is 6.59. The standard InChI is InChI=1S/C32H31FN4O6/c33-25-14-18(13-20-1-4-26(34-29(20)25)19-8-11-42-12-9-19)16-36-10-7-22(17-36)43-21-2-3-23-24(15-21)32(41)37(31(23)40)27-5-6-28(38)35-30(27)39/h1-4,13-15,19,22,27H,5-12,16-17H2,(H,35,38,39)/t22-,27+/m0/s1. The van der Waals surface area contributed by atoms with Crippen LogP contribution in [0.1, 0.15) is 70.0 Å². The van der Waals surface area contributed by atoms with Crippen LogP contribution in [-0.2, 0) is 20.9 Å². The van der Waals surface area contributed by atoms with E-state index in [0.29, 0.717) is 43.5 Å². The first kappa shape index (κ1) is 27.6. The van der Waals surface area contributed by atoms with E-state index >= 15 is 4.39 Å². The van der Waals surface area contributed by atoms with Crippen molar-refractivity contribution >= 4 is 34.5 Å². The van der Waals surface area contributed by atoms with Crippen LogP contribution in [0.15, 0.2) is 42.5 Å². The van der Waals surface area contributed by atoms with Gasteiger partial charge in [-0.25, -0.2) is 9.37 Å². The molecule has 3 fully saturated rings. The summed E-state index contributed by atoms with van der Waals surface area (Å²) in [5.74, 6) is -1.74. The molecule has 0 saturated carbocycles. The molecule has 1 aromatic heterocycles. The Bertz CT molecular complexity index is 1650.